The minimum absolute atomic E-state index is 0.0777. The van der Waals surface area contributed by atoms with E-state index in [1.165, 1.54) is 18.2 Å². The van der Waals surface area contributed by atoms with Crippen LogP contribution in [0.5, 0.6) is 0 Å². The van der Waals surface area contributed by atoms with Gasteiger partial charge in [-0.25, -0.2) is 0 Å². The molecule has 0 spiro atoms. The number of alkyl halides is 3. The van der Waals surface area contributed by atoms with Crippen LogP contribution in [0.2, 0.25) is 0 Å². The molecule has 146 valence electrons. The Morgan fingerprint density at radius 1 is 1.30 bits per heavy atom. The van der Waals surface area contributed by atoms with E-state index < -0.39 is 23.2 Å². The van der Waals surface area contributed by atoms with Crippen molar-refractivity contribution < 1.29 is 22.7 Å². The summed E-state index contributed by atoms with van der Waals surface area (Å²) in [5, 5.41) is 5.85. The number of nitrogens with one attached hydrogen (secondary N) is 2. The number of rotatable bonds is 5. The Hall–Kier alpha value is -2.19. The van der Waals surface area contributed by atoms with E-state index in [2.05, 4.69) is 15.6 Å². The number of pyridine rings is 1. The fourth-order valence-corrected chi connectivity index (χ4v) is 3.62. The molecule has 1 aliphatic heterocycles. The van der Waals surface area contributed by atoms with Gasteiger partial charge in [0.15, 0.2) is 0 Å². The smallest absolute Gasteiger partial charge is 0.384 e. The molecule has 2 N–H and O–H groups in total. The van der Waals surface area contributed by atoms with Gasteiger partial charge in [-0.1, -0.05) is 18.2 Å². The molecular weight excluding hydrogens is 359 g/mol. The van der Waals surface area contributed by atoms with Gasteiger partial charge in [0.25, 0.3) is 5.91 Å². The normalized spacial score (nSPS) is 17.0. The molecule has 0 bridgehead atoms. The first kappa shape index (κ1) is 19.6. The molecule has 1 aromatic heterocycles. The Balaban J connectivity index is 1.89. The predicted octanol–water partition coefficient (Wildman–Crippen LogP) is 3.00. The van der Waals surface area contributed by atoms with Gasteiger partial charge in [-0.2, -0.15) is 13.2 Å². The first-order valence-electron chi connectivity index (χ1n) is 8.79. The maximum Gasteiger partial charge on any atom is 0.417 e. The zero-order valence-corrected chi connectivity index (χ0v) is 15.0. The first-order chi connectivity index (χ1) is 12.9. The summed E-state index contributed by atoms with van der Waals surface area (Å²) in [7, 11) is 1.58. The third-order valence-corrected chi connectivity index (χ3v) is 5.04. The second-order valence-electron chi connectivity index (χ2n) is 6.93. The van der Waals surface area contributed by atoms with Crippen molar-refractivity contribution in [2.24, 2.45) is 5.41 Å². The van der Waals surface area contributed by atoms with E-state index >= 15 is 0 Å². The molecule has 27 heavy (non-hydrogen) atoms. The van der Waals surface area contributed by atoms with Crippen molar-refractivity contribution in [3.8, 4) is 0 Å². The van der Waals surface area contributed by atoms with E-state index in [1.54, 1.807) is 13.2 Å². The number of nitrogens with zero attached hydrogens (tertiary/aromatic N) is 1. The largest absolute Gasteiger partial charge is 0.417 e. The third-order valence-electron chi connectivity index (χ3n) is 5.04. The summed E-state index contributed by atoms with van der Waals surface area (Å²) < 4.78 is 46.4. The molecule has 0 atom stereocenters. The highest BCUT2D eigenvalue weighted by atomic mass is 19.4. The van der Waals surface area contributed by atoms with Crippen molar-refractivity contribution in [2.75, 3.05) is 33.4 Å². The summed E-state index contributed by atoms with van der Waals surface area (Å²) in [6.45, 7) is 2.26. The van der Waals surface area contributed by atoms with Crippen molar-refractivity contribution in [3.05, 3.63) is 41.6 Å². The van der Waals surface area contributed by atoms with Crippen LogP contribution in [-0.4, -0.2) is 44.2 Å². The van der Waals surface area contributed by atoms with Gasteiger partial charge in [0.05, 0.1) is 23.3 Å². The number of hydrogen-bond donors (Lipinski definition) is 2. The second kappa shape index (κ2) is 7.82. The molecule has 1 aromatic carbocycles. The standard InChI is InChI=1S/C19H22F3N3O2/c1-27-12-18(6-8-23-9-7-18)11-25-17(26)14-10-24-15-5-3-2-4-13(15)16(14)19(20,21)22/h2-5,10,23H,6-9,11-12H2,1H3,(H,25,26). The van der Waals surface area contributed by atoms with E-state index in [9.17, 15) is 18.0 Å². The van der Waals surface area contributed by atoms with Crippen molar-refractivity contribution in [1.82, 2.24) is 15.6 Å². The SMILES string of the molecule is COCC1(CNC(=O)c2cnc3ccccc3c2C(F)(F)F)CCNCC1. The van der Waals surface area contributed by atoms with Gasteiger partial charge in [-0.3, -0.25) is 9.78 Å². The summed E-state index contributed by atoms with van der Waals surface area (Å²) in [4.78, 5) is 16.7. The fourth-order valence-electron chi connectivity index (χ4n) is 3.62. The Morgan fingerprint density at radius 2 is 2.00 bits per heavy atom. The number of amides is 1. The highest BCUT2D eigenvalue weighted by Gasteiger charge is 2.38. The number of hydrogen-bond acceptors (Lipinski definition) is 4. The van der Waals surface area contributed by atoms with Gasteiger partial charge in [-0.15, -0.1) is 0 Å². The number of para-hydroxylation sites is 1. The Bertz CT molecular complexity index is 812. The molecule has 0 saturated carbocycles. The number of ether oxygens (including phenoxy) is 1. The van der Waals surface area contributed by atoms with Gasteiger partial charge in [0, 0.05) is 30.7 Å². The number of piperidine rings is 1. The Labute approximate surface area is 155 Å². The molecule has 8 heteroatoms. The van der Waals surface area contributed by atoms with Gasteiger partial charge >= 0.3 is 6.18 Å². The summed E-state index contributed by atoms with van der Waals surface area (Å²) >= 11 is 0. The van der Waals surface area contributed by atoms with Crippen LogP contribution in [0.3, 0.4) is 0 Å². The van der Waals surface area contributed by atoms with Crippen molar-refractivity contribution in [1.29, 1.82) is 0 Å². The van der Waals surface area contributed by atoms with E-state index in [4.69, 9.17) is 4.74 Å². The van der Waals surface area contributed by atoms with Gasteiger partial charge in [-0.05, 0) is 32.0 Å². The van der Waals surface area contributed by atoms with Crippen LogP contribution in [0.15, 0.2) is 30.5 Å². The van der Waals surface area contributed by atoms with Crippen LogP contribution in [0, 0.1) is 5.41 Å². The van der Waals surface area contributed by atoms with Gasteiger partial charge < -0.3 is 15.4 Å². The lowest BCUT2D eigenvalue weighted by Gasteiger charge is -2.37. The van der Waals surface area contributed by atoms with E-state index in [-0.39, 0.29) is 22.9 Å². The minimum Gasteiger partial charge on any atom is -0.384 e. The maximum absolute atomic E-state index is 13.7. The van der Waals surface area contributed by atoms with Crippen molar-refractivity contribution >= 4 is 16.8 Å². The third kappa shape index (κ3) is 4.22. The first-order valence-corrected chi connectivity index (χ1v) is 8.79. The summed E-state index contributed by atoms with van der Waals surface area (Å²) in [6, 6.07) is 5.94. The lowest BCUT2D eigenvalue weighted by molar-refractivity contribution is -0.136. The predicted molar refractivity (Wildman–Crippen MR) is 95.5 cm³/mol. The molecule has 2 aromatic rings. The Kier molecular flexibility index (Phi) is 5.67. The molecule has 1 saturated heterocycles. The Morgan fingerprint density at radius 3 is 2.67 bits per heavy atom. The van der Waals surface area contributed by atoms with E-state index in [0.717, 1.165) is 32.1 Å². The average molecular weight is 381 g/mol. The highest BCUT2D eigenvalue weighted by Crippen LogP contribution is 2.37. The second-order valence-corrected chi connectivity index (χ2v) is 6.93. The van der Waals surface area contributed by atoms with Crippen molar-refractivity contribution in [3.63, 3.8) is 0 Å². The molecule has 0 aliphatic carbocycles. The minimum atomic E-state index is -4.66. The number of methoxy groups -OCH3 is 1. The van der Waals surface area contributed by atoms with Crippen LogP contribution in [-0.2, 0) is 10.9 Å². The zero-order chi connectivity index (χ0) is 19.5. The van der Waals surface area contributed by atoms with Gasteiger partial charge in [0.2, 0.25) is 0 Å². The number of benzene rings is 1. The van der Waals surface area contributed by atoms with Gasteiger partial charge in [0.1, 0.15) is 0 Å². The van der Waals surface area contributed by atoms with Crippen LogP contribution in [0.1, 0.15) is 28.8 Å². The number of carbonyl (C=O) groups excluding carboxylic acids is 1. The van der Waals surface area contributed by atoms with Crippen LogP contribution in [0.4, 0.5) is 13.2 Å². The molecule has 5 nitrogen and oxygen atoms in total. The zero-order valence-electron chi connectivity index (χ0n) is 15.0. The molecular formula is C19H22F3N3O2. The molecule has 1 aliphatic rings. The highest BCUT2D eigenvalue weighted by molar-refractivity contribution is 6.00. The molecule has 0 radical (unpaired) electrons. The molecule has 1 amide bonds. The van der Waals surface area contributed by atoms with E-state index in [1.807, 2.05) is 0 Å². The van der Waals surface area contributed by atoms with Crippen LogP contribution >= 0.6 is 0 Å². The molecule has 0 unspecified atom stereocenters. The summed E-state index contributed by atoms with van der Waals surface area (Å²) in [6.07, 6.45) is -2.09. The molecule has 2 heterocycles. The number of halogens is 3. The summed E-state index contributed by atoms with van der Waals surface area (Å²) in [5.41, 5.74) is -1.48. The van der Waals surface area contributed by atoms with Crippen molar-refractivity contribution in [2.45, 2.75) is 19.0 Å². The number of fused-ring (bicyclic) bond motifs is 1. The maximum atomic E-state index is 13.7. The topological polar surface area (TPSA) is 63.2 Å². The monoisotopic (exact) mass is 381 g/mol. The number of carbonyl (C=O) groups is 1. The molecule has 1 fully saturated rings. The number of aromatic nitrogens is 1. The molecule has 3 rings (SSSR count). The average Bonchev–Trinajstić information content (AvgIpc) is 2.65. The quantitative estimate of drug-likeness (QED) is 0.836. The summed E-state index contributed by atoms with van der Waals surface area (Å²) in [5.74, 6) is -0.769. The van der Waals surface area contributed by atoms with E-state index in [0.29, 0.717) is 6.61 Å². The van der Waals surface area contributed by atoms with Crippen LogP contribution < -0.4 is 10.6 Å². The lowest BCUT2D eigenvalue weighted by atomic mass is 9.79. The van der Waals surface area contributed by atoms with Crippen LogP contribution in [0.25, 0.3) is 10.9 Å². The lowest BCUT2D eigenvalue weighted by Crippen LogP contribution is -2.47. The fraction of sp³-hybridized carbons (Fsp3) is 0.474.